The van der Waals surface area contributed by atoms with Gasteiger partial charge in [0, 0.05) is 19.2 Å². The predicted molar refractivity (Wildman–Crippen MR) is 108 cm³/mol. The van der Waals surface area contributed by atoms with E-state index in [2.05, 4.69) is 0 Å². The molecule has 0 aliphatic carbocycles. The number of hydrogen-bond donors (Lipinski definition) is 1. The lowest BCUT2D eigenvalue weighted by Crippen LogP contribution is -2.37. The second kappa shape index (κ2) is 8.20. The molecule has 1 aromatic carbocycles. The van der Waals surface area contributed by atoms with Gasteiger partial charge in [-0.3, -0.25) is 0 Å². The third-order valence-electron chi connectivity index (χ3n) is 5.11. The summed E-state index contributed by atoms with van der Waals surface area (Å²) in [4.78, 5) is 11.5. The second-order valence-electron chi connectivity index (χ2n) is 7.43. The zero-order valence-corrected chi connectivity index (χ0v) is 16.7. The molecule has 2 aromatic heterocycles. The molecule has 1 N–H and O–H groups in total. The van der Waals surface area contributed by atoms with Crippen molar-refractivity contribution in [2.24, 2.45) is 0 Å². The molecule has 28 heavy (non-hydrogen) atoms. The number of hydrogen-bond acceptors (Lipinski definition) is 6. The van der Waals surface area contributed by atoms with Crippen LogP contribution in [0.3, 0.4) is 0 Å². The zero-order chi connectivity index (χ0) is 20.3. The van der Waals surface area contributed by atoms with E-state index in [4.69, 9.17) is 18.3 Å². The standard InChI is InChI=1S/C22H26O6/c1-14(5-7-19(23)22(2,3)25-4)9-11-27-21-15-6-8-20(24)28-18(15)13-17-16(21)10-12-26-17/h6,8-10,12-13,19,23H,5,7,11H2,1-4H3/b14-9+. The number of fused-ring (bicyclic) bond motifs is 2. The number of methoxy groups -OCH3 is 1. The van der Waals surface area contributed by atoms with Gasteiger partial charge in [0.1, 0.15) is 23.5 Å². The first kappa shape index (κ1) is 20.2. The maximum atomic E-state index is 11.5. The van der Waals surface area contributed by atoms with Gasteiger partial charge in [-0.15, -0.1) is 0 Å². The van der Waals surface area contributed by atoms with Crippen LogP contribution in [0, 0.1) is 0 Å². The fraction of sp³-hybridized carbons (Fsp3) is 0.409. The molecular formula is C22H26O6. The third-order valence-corrected chi connectivity index (χ3v) is 5.11. The first-order valence-electron chi connectivity index (χ1n) is 9.27. The summed E-state index contributed by atoms with van der Waals surface area (Å²) in [6, 6.07) is 6.60. The monoisotopic (exact) mass is 386 g/mol. The van der Waals surface area contributed by atoms with E-state index in [0.717, 1.165) is 22.8 Å². The van der Waals surface area contributed by atoms with Crippen LogP contribution in [0.25, 0.3) is 21.9 Å². The van der Waals surface area contributed by atoms with Crippen LogP contribution >= 0.6 is 0 Å². The van der Waals surface area contributed by atoms with E-state index in [1.807, 2.05) is 32.9 Å². The maximum Gasteiger partial charge on any atom is 0.336 e. The summed E-state index contributed by atoms with van der Waals surface area (Å²) in [5, 5.41) is 11.8. The highest BCUT2D eigenvalue weighted by molar-refractivity contribution is 6.01. The van der Waals surface area contributed by atoms with Gasteiger partial charge >= 0.3 is 5.63 Å². The molecular weight excluding hydrogens is 360 g/mol. The minimum atomic E-state index is -0.573. The number of ether oxygens (including phenoxy) is 2. The molecule has 0 saturated heterocycles. The van der Waals surface area contributed by atoms with E-state index in [1.54, 1.807) is 25.5 Å². The lowest BCUT2D eigenvalue weighted by molar-refractivity contribution is -0.0797. The topological polar surface area (TPSA) is 82.0 Å². The molecule has 0 spiro atoms. The van der Waals surface area contributed by atoms with Crippen LogP contribution in [0.4, 0.5) is 0 Å². The fourth-order valence-electron chi connectivity index (χ4n) is 2.98. The van der Waals surface area contributed by atoms with Gasteiger partial charge in [-0.1, -0.05) is 5.57 Å². The summed E-state index contributed by atoms with van der Waals surface area (Å²) in [5.74, 6) is 0.620. The molecule has 0 bridgehead atoms. The van der Waals surface area contributed by atoms with E-state index in [9.17, 15) is 9.90 Å². The van der Waals surface area contributed by atoms with Gasteiger partial charge in [0.15, 0.2) is 0 Å². The summed E-state index contributed by atoms with van der Waals surface area (Å²) < 4.78 is 22.0. The van der Waals surface area contributed by atoms with Crippen molar-refractivity contribution in [3.8, 4) is 5.75 Å². The van der Waals surface area contributed by atoms with Crippen LogP contribution in [0.15, 0.2) is 55.8 Å². The Kier molecular flexibility index (Phi) is 5.91. The molecule has 3 rings (SSSR count). The van der Waals surface area contributed by atoms with Gasteiger partial charge in [0.05, 0.1) is 28.7 Å². The average molecular weight is 386 g/mol. The van der Waals surface area contributed by atoms with Crippen LogP contribution in [0.5, 0.6) is 5.75 Å². The molecule has 0 amide bonds. The van der Waals surface area contributed by atoms with Gasteiger partial charge in [-0.2, -0.15) is 0 Å². The number of aliphatic hydroxyl groups is 1. The number of allylic oxidation sites excluding steroid dienone is 1. The van der Waals surface area contributed by atoms with Gasteiger partial charge in [-0.25, -0.2) is 4.79 Å². The minimum Gasteiger partial charge on any atom is -0.488 e. The lowest BCUT2D eigenvalue weighted by Gasteiger charge is -2.29. The first-order valence-corrected chi connectivity index (χ1v) is 9.27. The van der Waals surface area contributed by atoms with Crippen LogP contribution in [0.2, 0.25) is 0 Å². The van der Waals surface area contributed by atoms with Crippen molar-refractivity contribution in [1.29, 1.82) is 0 Å². The Morgan fingerprint density at radius 3 is 2.75 bits per heavy atom. The zero-order valence-electron chi connectivity index (χ0n) is 16.7. The number of benzene rings is 1. The fourth-order valence-corrected chi connectivity index (χ4v) is 2.98. The molecule has 150 valence electrons. The second-order valence-corrected chi connectivity index (χ2v) is 7.43. The molecule has 0 fully saturated rings. The number of rotatable bonds is 8. The SMILES string of the molecule is COC(C)(C)C(O)CC/C(C)=C/COc1c2ccoc2cc2oc(=O)ccc12. The lowest BCUT2D eigenvalue weighted by atomic mass is 9.95. The van der Waals surface area contributed by atoms with Crippen LogP contribution in [0.1, 0.15) is 33.6 Å². The third kappa shape index (κ3) is 4.29. The Morgan fingerprint density at radius 1 is 1.25 bits per heavy atom. The van der Waals surface area contributed by atoms with Gasteiger partial charge < -0.3 is 23.4 Å². The van der Waals surface area contributed by atoms with E-state index < -0.39 is 17.3 Å². The van der Waals surface area contributed by atoms with Crippen molar-refractivity contribution in [2.45, 2.75) is 45.3 Å². The average Bonchev–Trinajstić information content (AvgIpc) is 3.13. The number of aliphatic hydroxyl groups excluding tert-OH is 1. The summed E-state index contributed by atoms with van der Waals surface area (Å²) in [6.07, 6.45) is 4.36. The van der Waals surface area contributed by atoms with Crippen LogP contribution in [-0.2, 0) is 4.74 Å². The Bertz CT molecular complexity index is 1040. The summed E-state index contributed by atoms with van der Waals surface area (Å²) in [6.45, 7) is 6.10. The molecule has 2 heterocycles. The Hall–Kier alpha value is -2.57. The highest BCUT2D eigenvalue weighted by Gasteiger charge is 2.26. The van der Waals surface area contributed by atoms with Gasteiger partial charge in [-0.05, 0) is 51.8 Å². The predicted octanol–water partition coefficient (Wildman–Crippen LogP) is 4.43. The van der Waals surface area contributed by atoms with E-state index in [1.165, 1.54) is 6.07 Å². The van der Waals surface area contributed by atoms with Crippen molar-refractivity contribution in [3.63, 3.8) is 0 Å². The summed E-state index contributed by atoms with van der Waals surface area (Å²) in [7, 11) is 1.60. The molecule has 0 saturated carbocycles. The highest BCUT2D eigenvalue weighted by atomic mass is 16.5. The molecule has 6 nitrogen and oxygen atoms in total. The minimum absolute atomic E-state index is 0.355. The smallest absolute Gasteiger partial charge is 0.336 e. The Labute approximate surface area is 163 Å². The van der Waals surface area contributed by atoms with Crippen LogP contribution in [-0.4, -0.2) is 30.5 Å². The molecule has 0 aliphatic rings. The molecule has 6 heteroatoms. The van der Waals surface area contributed by atoms with Crippen molar-refractivity contribution >= 4 is 21.9 Å². The van der Waals surface area contributed by atoms with E-state index in [0.29, 0.717) is 29.9 Å². The van der Waals surface area contributed by atoms with E-state index in [-0.39, 0.29) is 0 Å². The molecule has 0 radical (unpaired) electrons. The molecule has 3 aromatic rings. The Balaban J connectivity index is 1.73. The van der Waals surface area contributed by atoms with Crippen molar-refractivity contribution < 1.29 is 23.4 Å². The van der Waals surface area contributed by atoms with Gasteiger partial charge in [0.2, 0.25) is 0 Å². The molecule has 1 unspecified atom stereocenters. The quantitative estimate of drug-likeness (QED) is 0.456. The molecule has 1 atom stereocenters. The molecule has 0 aliphatic heterocycles. The van der Waals surface area contributed by atoms with Crippen molar-refractivity contribution in [2.75, 3.05) is 13.7 Å². The Morgan fingerprint density at radius 2 is 2.00 bits per heavy atom. The largest absolute Gasteiger partial charge is 0.488 e. The highest BCUT2D eigenvalue weighted by Crippen LogP contribution is 2.35. The number of furan rings is 1. The first-order chi connectivity index (χ1) is 13.3. The summed E-state index contributed by atoms with van der Waals surface area (Å²) in [5.41, 5.74) is 1.15. The van der Waals surface area contributed by atoms with Gasteiger partial charge in [0.25, 0.3) is 0 Å². The maximum absolute atomic E-state index is 11.5. The summed E-state index contributed by atoms with van der Waals surface area (Å²) >= 11 is 0. The normalized spacial score (nSPS) is 14.0. The van der Waals surface area contributed by atoms with E-state index >= 15 is 0 Å². The van der Waals surface area contributed by atoms with Crippen molar-refractivity contribution in [1.82, 2.24) is 0 Å². The van der Waals surface area contributed by atoms with Crippen molar-refractivity contribution in [3.05, 3.63) is 52.6 Å². The van der Waals surface area contributed by atoms with Crippen LogP contribution < -0.4 is 10.4 Å².